The standard InChI is InChI=1S/C13H18N2O4S/c1-9(10-3-5-11(19-2)6-4-10)15-8-12(7-13(15)16)20(14,17)18/h3-6,9,12H,7-8H2,1-2H3,(H2,14,17,18). The Bertz CT molecular complexity index is 597. The monoisotopic (exact) mass is 298 g/mol. The number of amides is 1. The molecule has 0 saturated carbocycles. The second-order valence-electron chi connectivity index (χ2n) is 4.91. The maximum absolute atomic E-state index is 12.0. The van der Waals surface area contributed by atoms with Crippen molar-refractivity contribution in [2.45, 2.75) is 24.6 Å². The smallest absolute Gasteiger partial charge is 0.224 e. The summed E-state index contributed by atoms with van der Waals surface area (Å²) in [6.45, 7) is 2.01. The fraction of sp³-hybridized carbons (Fsp3) is 0.462. The van der Waals surface area contributed by atoms with Gasteiger partial charge in [-0.05, 0) is 24.6 Å². The topological polar surface area (TPSA) is 89.7 Å². The molecule has 0 aromatic heterocycles. The third-order valence-electron chi connectivity index (χ3n) is 3.65. The average Bonchev–Trinajstić information content (AvgIpc) is 2.80. The van der Waals surface area contributed by atoms with Crippen LogP contribution in [-0.4, -0.2) is 38.1 Å². The van der Waals surface area contributed by atoms with Gasteiger partial charge in [0.2, 0.25) is 15.9 Å². The molecule has 2 unspecified atom stereocenters. The van der Waals surface area contributed by atoms with Crippen LogP contribution in [0.1, 0.15) is 24.9 Å². The number of nitrogens with zero attached hydrogens (tertiary/aromatic N) is 1. The lowest BCUT2D eigenvalue weighted by molar-refractivity contribution is -0.129. The Kier molecular flexibility index (Phi) is 4.01. The number of nitrogens with two attached hydrogens (primary N) is 1. The molecule has 1 aromatic carbocycles. The quantitative estimate of drug-likeness (QED) is 0.883. The van der Waals surface area contributed by atoms with Gasteiger partial charge in [-0.2, -0.15) is 0 Å². The van der Waals surface area contributed by atoms with Gasteiger partial charge in [0.05, 0.1) is 13.2 Å². The summed E-state index contributed by atoms with van der Waals surface area (Å²) >= 11 is 0. The molecule has 1 aliphatic heterocycles. The second-order valence-corrected chi connectivity index (χ2v) is 6.76. The van der Waals surface area contributed by atoms with Gasteiger partial charge in [0, 0.05) is 13.0 Å². The van der Waals surface area contributed by atoms with E-state index < -0.39 is 15.3 Å². The Balaban J connectivity index is 2.16. The zero-order valence-corrected chi connectivity index (χ0v) is 12.3. The Morgan fingerprint density at radius 3 is 2.40 bits per heavy atom. The lowest BCUT2D eigenvalue weighted by Crippen LogP contribution is -2.33. The van der Waals surface area contributed by atoms with Gasteiger partial charge in [0.1, 0.15) is 11.0 Å². The summed E-state index contributed by atoms with van der Waals surface area (Å²) in [5.74, 6) is 0.545. The van der Waals surface area contributed by atoms with E-state index in [0.717, 1.165) is 11.3 Å². The number of ether oxygens (including phenoxy) is 1. The van der Waals surface area contributed by atoms with Crippen molar-refractivity contribution < 1.29 is 17.9 Å². The number of carbonyl (C=O) groups excluding carboxylic acids is 1. The van der Waals surface area contributed by atoms with Crippen molar-refractivity contribution in [3.63, 3.8) is 0 Å². The molecule has 0 radical (unpaired) electrons. The molecule has 2 atom stereocenters. The van der Waals surface area contributed by atoms with E-state index in [1.165, 1.54) is 0 Å². The Morgan fingerprint density at radius 2 is 1.95 bits per heavy atom. The second kappa shape index (κ2) is 5.41. The first kappa shape index (κ1) is 14.8. The number of hydrogen-bond donors (Lipinski definition) is 1. The van der Waals surface area contributed by atoms with Crippen LogP contribution >= 0.6 is 0 Å². The number of methoxy groups -OCH3 is 1. The van der Waals surface area contributed by atoms with Crippen LogP contribution in [0.25, 0.3) is 0 Å². The van der Waals surface area contributed by atoms with Crippen LogP contribution < -0.4 is 9.88 Å². The number of carbonyl (C=O) groups is 1. The SMILES string of the molecule is COc1ccc(C(C)N2CC(S(N)(=O)=O)CC2=O)cc1. The molecule has 0 spiro atoms. The molecule has 1 saturated heterocycles. The predicted molar refractivity (Wildman–Crippen MR) is 74.6 cm³/mol. The summed E-state index contributed by atoms with van der Waals surface area (Å²) in [5.41, 5.74) is 0.925. The molecule has 1 aliphatic rings. The van der Waals surface area contributed by atoms with Gasteiger partial charge < -0.3 is 9.64 Å². The van der Waals surface area contributed by atoms with Crippen LogP contribution in [0, 0.1) is 0 Å². The van der Waals surface area contributed by atoms with Gasteiger partial charge in [0.25, 0.3) is 0 Å². The van der Waals surface area contributed by atoms with Crippen LogP contribution in [0.3, 0.4) is 0 Å². The first-order valence-electron chi connectivity index (χ1n) is 6.28. The molecule has 0 aliphatic carbocycles. The molecule has 1 aromatic rings. The summed E-state index contributed by atoms with van der Waals surface area (Å²) in [6.07, 6.45) is -0.0423. The zero-order valence-electron chi connectivity index (χ0n) is 11.4. The third-order valence-corrected chi connectivity index (χ3v) is 4.90. The zero-order chi connectivity index (χ0) is 14.9. The van der Waals surface area contributed by atoms with Crippen molar-refractivity contribution >= 4 is 15.9 Å². The molecule has 0 bridgehead atoms. The van der Waals surface area contributed by atoms with Crippen molar-refractivity contribution in [3.05, 3.63) is 29.8 Å². The van der Waals surface area contributed by atoms with Crippen LogP contribution in [-0.2, 0) is 14.8 Å². The summed E-state index contributed by atoms with van der Waals surface area (Å²) in [5, 5.41) is 4.31. The fourth-order valence-corrected chi connectivity index (χ4v) is 3.10. The van der Waals surface area contributed by atoms with Crippen molar-refractivity contribution in [2.75, 3.05) is 13.7 Å². The van der Waals surface area contributed by atoms with E-state index in [4.69, 9.17) is 9.88 Å². The van der Waals surface area contributed by atoms with Gasteiger partial charge in [0.15, 0.2) is 0 Å². The maximum atomic E-state index is 12.0. The summed E-state index contributed by atoms with van der Waals surface area (Å²) in [6, 6.07) is 7.15. The average molecular weight is 298 g/mol. The Morgan fingerprint density at radius 1 is 1.35 bits per heavy atom. The summed E-state index contributed by atoms with van der Waals surface area (Å²) < 4.78 is 27.8. The number of primary sulfonamides is 1. The molecular formula is C13H18N2O4S. The minimum Gasteiger partial charge on any atom is -0.497 e. The summed E-state index contributed by atoms with van der Waals surface area (Å²) in [4.78, 5) is 13.5. The van der Waals surface area contributed by atoms with Gasteiger partial charge in [-0.15, -0.1) is 0 Å². The van der Waals surface area contributed by atoms with Crippen LogP contribution in [0.4, 0.5) is 0 Å². The molecule has 110 valence electrons. The highest BCUT2D eigenvalue weighted by molar-refractivity contribution is 7.89. The highest BCUT2D eigenvalue weighted by Crippen LogP contribution is 2.28. The van der Waals surface area contributed by atoms with Gasteiger partial charge in [-0.1, -0.05) is 12.1 Å². The summed E-state index contributed by atoms with van der Waals surface area (Å²) in [7, 11) is -2.09. The molecule has 1 amide bonds. The van der Waals surface area contributed by atoms with Crippen molar-refractivity contribution in [1.29, 1.82) is 0 Å². The molecule has 7 heteroatoms. The van der Waals surface area contributed by atoms with Gasteiger partial charge in [-0.25, -0.2) is 13.6 Å². The first-order chi connectivity index (χ1) is 9.32. The molecular weight excluding hydrogens is 280 g/mol. The largest absolute Gasteiger partial charge is 0.497 e. The highest BCUT2D eigenvalue weighted by atomic mass is 32.2. The Hall–Kier alpha value is -1.60. The van der Waals surface area contributed by atoms with Crippen molar-refractivity contribution in [3.8, 4) is 5.75 Å². The minimum absolute atomic E-state index is 0.0423. The van der Waals surface area contributed by atoms with E-state index in [2.05, 4.69) is 0 Å². The van der Waals surface area contributed by atoms with Crippen LogP contribution in [0.2, 0.25) is 0 Å². The normalized spacial score (nSPS) is 21.1. The first-order valence-corrected chi connectivity index (χ1v) is 7.89. The number of hydrogen-bond acceptors (Lipinski definition) is 4. The maximum Gasteiger partial charge on any atom is 0.224 e. The van der Waals surface area contributed by atoms with Gasteiger partial charge >= 0.3 is 0 Å². The third kappa shape index (κ3) is 2.94. The molecule has 1 fully saturated rings. The van der Waals surface area contributed by atoms with Crippen LogP contribution in [0.5, 0.6) is 5.75 Å². The molecule has 1 heterocycles. The van der Waals surface area contributed by atoms with E-state index in [1.807, 2.05) is 31.2 Å². The lowest BCUT2D eigenvalue weighted by atomic mass is 10.1. The minimum atomic E-state index is -3.68. The van der Waals surface area contributed by atoms with E-state index in [-0.39, 0.29) is 24.9 Å². The van der Waals surface area contributed by atoms with Crippen LogP contribution in [0.15, 0.2) is 24.3 Å². The van der Waals surface area contributed by atoms with Crippen molar-refractivity contribution in [2.24, 2.45) is 5.14 Å². The fourth-order valence-electron chi connectivity index (χ4n) is 2.35. The number of likely N-dealkylation sites (tertiary alicyclic amines) is 1. The van der Waals surface area contributed by atoms with Crippen molar-refractivity contribution in [1.82, 2.24) is 4.90 Å². The van der Waals surface area contributed by atoms with Gasteiger partial charge in [-0.3, -0.25) is 4.79 Å². The predicted octanol–water partition coefficient (Wildman–Crippen LogP) is 0.646. The number of sulfonamides is 1. The van der Waals surface area contributed by atoms with E-state index in [0.29, 0.717) is 0 Å². The molecule has 2 N–H and O–H groups in total. The number of rotatable bonds is 4. The Labute approximate surface area is 118 Å². The molecule has 2 rings (SSSR count). The molecule has 6 nitrogen and oxygen atoms in total. The van der Waals surface area contributed by atoms with E-state index in [1.54, 1.807) is 12.0 Å². The highest BCUT2D eigenvalue weighted by Gasteiger charge is 2.38. The number of benzene rings is 1. The van der Waals surface area contributed by atoms with E-state index >= 15 is 0 Å². The molecule has 20 heavy (non-hydrogen) atoms. The lowest BCUT2D eigenvalue weighted by Gasteiger charge is -2.25. The van der Waals surface area contributed by atoms with E-state index in [9.17, 15) is 13.2 Å².